The van der Waals surface area contributed by atoms with E-state index >= 15 is 0 Å². The predicted molar refractivity (Wildman–Crippen MR) is 107 cm³/mol. The molecule has 0 bridgehead atoms. The molecular formula is C22H42O4. The summed E-state index contributed by atoms with van der Waals surface area (Å²) in [5.74, 6) is -0.101. The van der Waals surface area contributed by atoms with Crippen LogP contribution in [0.5, 0.6) is 0 Å². The number of rotatable bonds is 18. The molecule has 4 nitrogen and oxygen atoms in total. The Bertz CT molecular complexity index is 341. The average Bonchev–Trinajstić information content (AvgIpc) is 2.64. The lowest BCUT2D eigenvalue weighted by Gasteiger charge is -2.15. The minimum absolute atomic E-state index is 0.0428. The van der Waals surface area contributed by atoms with Gasteiger partial charge in [-0.25, -0.2) is 0 Å². The van der Waals surface area contributed by atoms with Crippen LogP contribution in [-0.4, -0.2) is 24.6 Å². The highest BCUT2D eigenvalue weighted by Crippen LogP contribution is 2.13. The molecule has 1 atom stereocenters. The minimum Gasteiger partial charge on any atom is -0.466 e. The van der Waals surface area contributed by atoms with E-state index in [0.717, 1.165) is 83.5 Å². The van der Waals surface area contributed by atoms with Gasteiger partial charge in [0.05, 0.1) is 6.61 Å². The van der Waals surface area contributed by atoms with E-state index in [1.165, 1.54) is 0 Å². The van der Waals surface area contributed by atoms with Crippen molar-refractivity contribution in [1.82, 2.24) is 0 Å². The quantitative estimate of drug-likeness (QED) is 0.208. The molecule has 0 saturated carbocycles. The number of unbranched alkanes of at least 4 members (excludes halogenated alkanes) is 8. The summed E-state index contributed by atoms with van der Waals surface area (Å²) in [6.07, 6.45) is 14.7. The van der Waals surface area contributed by atoms with Crippen molar-refractivity contribution in [3.05, 3.63) is 0 Å². The molecule has 154 valence electrons. The van der Waals surface area contributed by atoms with Crippen LogP contribution in [0.3, 0.4) is 0 Å². The van der Waals surface area contributed by atoms with Gasteiger partial charge in [-0.3, -0.25) is 9.59 Å². The third-order valence-electron chi connectivity index (χ3n) is 4.66. The van der Waals surface area contributed by atoms with E-state index < -0.39 is 0 Å². The zero-order valence-corrected chi connectivity index (χ0v) is 17.5. The Labute approximate surface area is 161 Å². The minimum atomic E-state index is -0.0580. The first kappa shape index (κ1) is 24.9. The summed E-state index contributed by atoms with van der Waals surface area (Å²) in [7, 11) is 0. The highest BCUT2D eigenvalue weighted by molar-refractivity contribution is 5.69. The summed E-state index contributed by atoms with van der Waals surface area (Å²) in [5.41, 5.74) is 0. The van der Waals surface area contributed by atoms with Gasteiger partial charge in [-0.2, -0.15) is 0 Å². The molecule has 0 fully saturated rings. The zero-order chi connectivity index (χ0) is 19.5. The Morgan fingerprint density at radius 3 is 1.85 bits per heavy atom. The number of ether oxygens (including phenoxy) is 2. The van der Waals surface area contributed by atoms with Crippen molar-refractivity contribution in [1.29, 1.82) is 0 Å². The maximum Gasteiger partial charge on any atom is 0.306 e. The monoisotopic (exact) mass is 370 g/mol. The van der Waals surface area contributed by atoms with Gasteiger partial charge in [0.15, 0.2) is 0 Å². The van der Waals surface area contributed by atoms with Gasteiger partial charge in [0, 0.05) is 12.8 Å². The molecule has 0 aromatic carbocycles. The number of esters is 2. The van der Waals surface area contributed by atoms with Crippen molar-refractivity contribution in [2.24, 2.45) is 0 Å². The van der Waals surface area contributed by atoms with Crippen LogP contribution in [0.1, 0.15) is 117 Å². The van der Waals surface area contributed by atoms with Crippen molar-refractivity contribution in [3.63, 3.8) is 0 Å². The summed E-state index contributed by atoms with van der Waals surface area (Å²) in [4.78, 5) is 23.4. The lowest BCUT2D eigenvalue weighted by molar-refractivity contribution is -0.149. The maximum atomic E-state index is 11.8. The van der Waals surface area contributed by atoms with E-state index in [0.29, 0.717) is 19.4 Å². The predicted octanol–water partition coefficient (Wildman–Crippen LogP) is 6.35. The van der Waals surface area contributed by atoms with E-state index in [-0.39, 0.29) is 18.0 Å². The largest absolute Gasteiger partial charge is 0.466 e. The van der Waals surface area contributed by atoms with Gasteiger partial charge < -0.3 is 9.47 Å². The highest BCUT2D eigenvalue weighted by atomic mass is 16.5. The van der Waals surface area contributed by atoms with Crippen molar-refractivity contribution < 1.29 is 19.1 Å². The second-order valence-corrected chi connectivity index (χ2v) is 7.21. The second-order valence-electron chi connectivity index (χ2n) is 7.21. The first-order valence-electron chi connectivity index (χ1n) is 11.0. The van der Waals surface area contributed by atoms with Crippen LogP contribution < -0.4 is 0 Å². The summed E-state index contributed by atoms with van der Waals surface area (Å²) < 4.78 is 10.7. The van der Waals surface area contributed by atoms with Gasteiger partial charge in [0.25, 0.3) is 0 Å². The van der Waals surface area contributed by atoms with Gasteiger partial charge in [0.2, 0.25) is 0 Å². The molecule has 4 heteroatoms. The van der Waals surface area contributed by atoms with Gasteiger partial charge in [-0.15, -0.1) is 0 Å². The summed E-state index contributed by atoms with van der Waals surface area (Å²) in [5, 5.41) is 0. The third-order valence-corrected chi connectivity index (χ3v) is 4.66. The average molecular weight is 371 g/mol. The SMILES string of the molecule is CCCCCOC(=O)CCCCCCCCC(=O)OC(CC)CCCC. The van der Waals surface area contributed by atoms with E-state index in [1.807, 2.05) is 0 Å². The van der Waals surface area contributed by atoms with Crippen LogP contribution in [0.4, 0.5) is 0 Å². The number of carbonyl (C=O) groups excluding carboxylic acids is 2. The fraction of sp³-hybridized carbons (Fsp3) is 0.909. The lowest BCUT2D eigenvalue weighted by Crippen LogP contribution is -2.17. The molecule has 0 aliphatic heterocycles. The molecule has 0 N–H and O–H groups in total. The molecular weight excluding hydrogens is 328 g/mol. The molecule has 0 spiro atoms. The molecule has 0 saturated heterocycles. The standard InChI is InChI=1S/C22H42O4/c1-4-7-15-19-25-21(23)17-13-11-9-10-12-14-18-22(24)26-20(6-3)16-8-5-2/h20H,4-19H2,1-3H3. The van der Waals surface area contributed by atoms with E-state index in [1.54, 1.807) is 0 Å². The molecule has 26 heavy (non-hydrogen) atoms. The Hall–Kier alpha value is -1.06. The Morgan fingerprint density at radius 1 is 0.692 bits per heavy atom. The zero-order valence-electron chi connectivity index (χ0n) is 17.5. The Morgan fingerprint density at radius 2 is 1.27 bits per heavy atom. The van der Waals surface area contributed by atoms with Crippen LogP contribution in [-0.2, 0) is 19.1 Å². The number of hydrogen-bond donors (Lipinski definition) is 0. The normalized spacial score (nSPS) is 12.0. The first-order chi connectivity index (χ1) is 12.6. The molecule has 0 radical (unpaired) electrons. The fourth-order valence-corrected chi connectivity index (χ4v) is 2.88. The van der Waals surface area contributed by atoms with Gasteiger partial charge in [-0.1, -0.05) is 72.1 Å². The summed E-state index contributed by atoms with van der Waals surface area (Å²) >= 11 is 0. The van der Waals surface area contributed by atoms with Crippen molar-refractivity contribution in [2.75, 3.05) is 6.61 Å². The van der Waals surface area contributed by atoms with Crippen LogP contribution in [0.15, 0.2) is 0 Å². The summed E-state index contributed by atoms with van der Waals surface area (Å²) in [6, 6.07) is 0. The van der Waals surface area contributed by atoms with Crippen molar-refractivity contribution >= 4 is 11.9 Å². The molecule has 0 aromatic heterocycles. The molecule has 1 unspecified atom stereocenters. The van der Waals surface area contributed by atoms with Crippen molar-refractivity contribution in [3.8, 4) is 0 Å². The molecule has 0 aromatic rings. The Balaban J connectivity index is 3.44. The molecule has 0 amide bonds. The van der Waals surface area contributed by atoms with E-state index in [4.69, 9.17) is 9.47 Å². The van der Waals surface area contributed by atoms with Gasteiger partial charge in [0.1, 0.15) is 6.10 Å². The van der Waals surface area contributed by atoms with Crippen LogP contribution in [0.2, 0.25) is 0 Å². The van der Waals surface area contributed by atoms with Crippen LogP contribution >= 0.6 is 0 Å². The lowest BCUT2D eigenvalue weighted by atomic mass is 10.1. The Kier molecular flexibility index (Phi) is 18.0. The molecule has 0 aliphatic rings. The highest BCUT2D eigenvalue weighted by Gasteiger charge is 2.11. The van der Waals surface area contributed by atoms with Crippen LogP contribution in [0, 0.1) is 0 Å². The molecule has 0 rings (SSSR count). The fourth-order valence-electron chi connectivity index (χ4n) is 2.88. The molecule has 0 aliphatic carbocycles. The molecule has 0 heterocycles. The maximum absolute atomic E-state index is 11.8. The first-order valence-corrected chi connectivity index (χ1v) is 11.0. The third kappa shape index (κ3) is 16.4. The van der Waals surface area contributed by atoms with Gasteiger partial charge >= 0.3 is 11.9 Å². The number of hydrogen-bond acceptors (Lipinski definition) is 4. The van der Waals surface area contributed by atoms with E-state index in [2.05, 4.69) is 20.8 Å². The van der Waals surface area contributed by atoms with E-state index in [9.17, 15) is 9.59 Å². The smallest absolute Gasteiger partial charge is 0.306 e. The topological polar surface area (TPSA) is 52.6 Å². The van der Waals surface area contributed by atoms with Crippen LogP contribution in [0.25, 0.3) is 0 Å². The summed E-state index contributed by atoms with van der Waals surface area (Å²) in [6.45, 7) is 6.94. The second kappa shape index (κ2) is 18.7. The number of carbonyl (C=O) groups is 2. The van der Waals surface area contributed by atoms with Gasteiger partial charge in [-0.05, 0) is 32.1 Å². The van der Waals surface area contributed by atoms with Crippen molar-refractivity contribution in [2.45, 2.75) is 123 Å².